The Balaban J connectivity index is 2.06. The first-order chi connectivity index (χ1) is 10.1. The van der Waals surface area contributed by atoms with Gasteiger partial charge in [0.1, 0.15) is 5.75 Å². The van der Waals surface area contributed by atoms with Gasteiger partial charge in [0.15, 0.2) is 0 Å². The minimum absolute atomic E-state index is 0.502. The second-order valence-electron chi connectivity index (χ2n) is 5.45. The molecule has 112 valence electrons. The van der Waals surface area contributed by atoms with Crippen molar-refractivity contribution in [1.29, 1.82) is 0 Å². The maximum Gasteiger partial charge on any atom is 0.123 e. The van der Waals surface area contributed by atoms with E-state index in [9.17, 15) is 0 Å². The van der Waals surface area contributed by atoms with E-state index in [0.717, 1.165) is 24.4 Å². The van der Waals surface area contributed by atoms with Crippen molar-refractivity contribution in [2.45, 2.75) is 26.6 Å². The molecule has 2 N–H and O–H groups in total. The Bertz CT molecular complexity index is 596. The Labute approximate surface area is 127 Å². The fourth-order valence-electron chi connectivity index (χ4n) is 2.50. The van der Waals surface area contributed by atoms with Gasteiger partial charge < -0.3 is 10.5 Å². The first-order valence-corrected chi connectivity index (χ1v) is 7.23. The molecule has 3 heteroatoms. The highest BCUT2D eigenvalue weighted by molar-refractivity contribution is 5.37. The molecule has 3 nitrogen and oxygen atoms in total. The zero-order chi connectivity index (χ0) is 15.2. The van der Waals surface area contributed by atoms with E-state index in [1.807, 2.05) is 0 Å². The Morgan fingerprint density at radius 2 is 1.81 bits per heavy atom. The van der Waals surface area contributed by atoms with Crippen LogP contribution in [-0.4, -0.2) is 19.1 Å². The van der Waals surface area contributed by atoms with Gasteiger partial charge in [-0.25, -0.2) is 0 Å². The van der Waals surface area contributed by atoms with Crippen LogP contribution in [0.5, 0.6) is 5.75 Å². The molecule has 0 saturated heterocycles. The van der Waals surface area contributed by atoms with E-state index in [1.165, 1.54) is 16.7 Å². The summed E-state index contributed by atoms with van der Waals surface area (Å²) in [6.45, 7) is 4.48. The van der Waals surface area contributed by atoms with Crippen molar-refractivity contribution in [3.05, 3.63) is 64.7 Å². The molecule has 2 rings (SSSR count). The van der Waals surface area contributed by atoms with Gasteiger partial charge in [0.05, 0.1) is 7.11 Å². The first-order valence-electron chi connectivity index (χ1n) is 7.23. The van der Waals surface area contributed by atoms with E-state index in [-0.39, 0.29) is 0 Å². The van der Waals surface area contributed by atoms with Crippen molar-refractivity contribution in [2.75, 3.05) is 14.2 Å². The van der Waals surface area contributed by atoms with E-state index in [2.05, 4.69) is 61.3 Å². The van der Waals surface area contributed by atoms with Crippen LogP contribution in [0.3, 0.4) is 0 Å². The lowest BCUT2D eigenvalue weighted by atomic mass is 10.1. The van der Waals surface area contributed by atoms with Gasteiger partial charge >= 0.3 is 0 Å². The molecule has 0 saturated carbocycles. The van der Waals surface area contributed by atoms with Crippen LogP contribution >= 0.6 is 0 Å². The standard InChI is InChI=1S/C18H24N2O/c1-14-6-4-5-7-17(14)13-20(2)12-15-8-9-16(11-19)18(10-15)21-3/h4-10H,11-13,19H2,1-3H3. The third-order valence-corrected chi connectivity index (χ3v) is 3.73. The van der Waals surface area contributed by atoms with Crippen molar-refractivity contribution in [1.82, 2.24) is 4.90 Å². The predicted molar refractivity (Wildman–Crippen MR) is 87.2 cm³/mol. The molecule has 0 atom stereocenters. The summed E-state index contributed by atoms with van der Waals surface area (Å²) in [5, 5.41) is 0. The summed E-state index contributed by atoms with van der Waals surface area (Å²) in [5.74, 6) is 0.874. The molecule has 0 amide bonds. The largest absolute Gasteiger partial charge is 0.496 e. The van der Waals surface area contributed by atoms with Crippen LogP contribution < -0.4 is 10.5 Å². The predicted octanol–water partition coefficient (Wildman–Crippen LogP) is 3.09. The molecular weight excluding hydrogens is 260 g/mol. The average molecular weight is 284 g/mol. The van der Waals surface area contributed by atoms with E-state index >= 15 is 0 Å². The summed E-state index contributed by atoms with van der Waals surface area (Å²) < 4.78 is 5.40. The Morgan fingerprint density at radius 3 is 2.48 bits per heavy atom. The molecule has 0 aliphatic rings. The number of hydrogen-bond acceptors (Lipinski definition) is 3. The smallest absolute Gasteiger partial charge is 0.123 e. The lowest BCUT2D eigenvalue weighted by Crippen LogP contribution is -2.18. The third-order valence-electron chi connectivity index (χ3n) is 3.73. The third kappa shape index (κ3) is 4.06. The van der Waals surface area contributed by atoms with Gasteiger partial charge in [0.25, 0.3) is 0 Å². The Hall–Kier alpha value is -1.84. The van der Waals surface area contributed by atoms with E-state index in [4.69, 9.17) is 10.5 Å². The molecule has 0 fully saturated rings. The second-order valence-corrected chi connectivity index (χ2v) is 5.45. The first kappa shape index (κ1) is 15.5. The SMILES string of the molecule is COc1cc(CN(C)Cc2ccccc2C)ccc1CN. The molecule has 21 heavy (non-hydrogen) atoms. The molecule has 0 heterocycles. The van der Waals surface area contributed by atoms with Crippen molar-refractivity contribution >= 4 is 0 Å². The van der Waals surface area contributed by atoms with Crippen LogP contribution in [0, 0.1) is 6.92 Å². The summed E-state index contributed by atoms with van der Waals surface area (Å²) in [4.78, 5) is 2.30. The monoisotopic (exact) mass is 284 g/mol. The maximum absolute atomic E-state index is 5.71. The van der Waals surface area contributed by atoms with Crippen LogP contribution in [0.4, 0.5) is 0 Å². The maximum atomic E-state index is 5.71. The summed E-state index contributed by atoms with van der Waals surface area (Å²) in [6.07, 6.45) is 0. The second kappa shape index (κ2) is 7.25. The Morgan fingerprint density at radius 1 is 1.05 bits per heavy atom. The van der Waals surface area contributed by atoms with Crippen LogP contribution in [0.2, 0.25) is 0 Å². The van der Waals surface area contributed by atoms with Crippen LogP contribution in [0.1, 0.15) is 22.3 Å². The fraction of sp³-hybridized carbons (Fsp3) is 0.333. The van der Waals surface area contributed by atoms with Gasteiger partial charge in [-0.15, -0.1) is 0 Å². The average Bonchev–Trinajstić information content (AvgIpc) is 2.49. The van der Waals surface area contributed by atoms with Crippen molar-refractivity contribution < 1.29 is 4.74 Å². The van der Waals surface area contributed by atoms with Crippen LogP contribution in [-0.2, 0) is 19.6 Å². The molecule has 0 radical (unpaired) electrons. The number of nitrogens with zero attached hydrogens (tertiary/aromatic N) is 1. The van der Waals surface area contributed by atoms with Gasteiger partial charge in [-0.1, -0.05) is 36.4 Å². The Kier molecular flexibility index (Phi) is 5.37. The van der Waals surface area contributed by atoms with Crippen molar-refractivity contribution in [2.24, 2.45) is 5.73 Å². The summed E-state index contributed by atoms with van der Waals surface area (Å²) >= 11 is 0. The number of hydrogen-bond donors (Lipinski definition) is 1. The molecule has 0 aliphatic carbocycles. The van der Waals surface area contributed by atoms with Gasteiger partial charge in [-0.3, -0.25) is 4.90 Å². The van der Waals surface area contributed by atoms with Crippen LogP contribution in [0.15, 0.2) is 42.5 Å². The highest BCUT2D eigenvalue weighted by atomic mass is 16.5. The normalized spacial score (nSPS) is 10.9. The fourth-order valence-corrected chi connectivity index (χ4v) is 2.50. The molecule has 2 aromatic rings. The molecule has 0 bridgehead atoms. The summed E-state index contributed by atoms with van der Waals surface area (Å²) in [7, 11) is 3.82. The molecule has 2 aromatic carbocycles. The zero-order valence-corrected chi connectivity index (χ0v) is 13.1. The molecule has 0 spiro atoms. The quantitative estimate of drug-likeness (QED) is 0.886. The van der Waals surface area contributed by atoms with E-state index < -0.39 is 0 Å². The highest BCUT2D eigenvalue weighted by Gasteiger charge is 2.07. The summed E-state index contributed by atoms with van der Waals surface area (Å²) in [6, 6.07) is 14.8. The van der Waals surface area contributed by atoms with E-state index in [0.29, 0.717) is 6.54 Å². The van der Waals surface area contributed by atoms with E-state index in [1.54, 1.807) is 7.11 Å². The van der Waals surface area contributed by atoms with Gasteiger partial charge in [-0.2, -0.15) is 0 Å². The topological polar surface area (TPSA) is 38.5 Å². The highest BCUT2D eigenvalue weighted by Crippen LogP contribution is 2.21. The number of nitrogens with two attached hydrogens (primary N) is 1. The number of benzene rings is 2. The molecular formula is C18H24N2O. The minimum atomic E-state index is 0.502. The molecule has 0 aromatic heterocycles. The number of aryl methyl sites for hydroxylation is 1. The summed E-state index contributed by atoms with van der Waals surface area (Å²) in [5.41, 5.74) is 10.7. The number of methoxy groups -OCH3 is 1. The molecule has 0 unspecified atom stereocenters. The van der Waals surface area contributed by atoms with Gasteiger partial charge in [-0.05, 0) is 36.7 Å². The lowest BCUT2D eigenvalue weighted by molar-refractivity contribution is 0.317. The minimum Gasteiger partial charge on any atom is -0.496 e. The van der Waals surface area contributed by atoms with Gasteiger partial charge in [0.2, 0.25) is 0 Å². The number of rotatable bonds is 6. The van der Waals surface area contributed by atoms with Gasteiger partial charge in [0, 0.05) is 25.2 Å². The van der Waals surface area contributed by atoms with Crippen molar-refractivity contribution in [3.63, 3.8) is 0 Å². The lowest BCUT2D eigenvalue weighted by Gasteiger charge is -2.19. The molecule has 0 aliphatic heterocycles. The van der Waals surface area contributed by atoms with Crippen LogP contribution in [0.25, 0.3) is 0 Å². The number of ether oxygens (including phenoxy) is 1. The van der Waals surface area contributed by atoms with Crippen molar-refractivity contribution in [3.8, 4) is 5.75 Å². The zero-order valence-electron chi connectivity index (χ0n) is 13.1.